The third-order valence-electron chi connectivity index (χ3n) is 3.75. The zero-order valence-corrected chi connectivity index (χ0v) is 12.3. The van der Waals surface area contributed by atoms with E-state index < -0.39 is 12.2 Å². The highest BCUT2D eigenvalue weighted by molar-refractivity contribution is 5.68. The van der Waals surface area contributed by atoms with Gasteiger partial charge < -0.3 is 20.1 Å². The lowest BCUT2D eigenvalue weighted by Gasteiger charge is -2.21. The van der Waals surface area contributed by atoms with Crippen LogP contribution in [0.3, 0.4) is 0 Å². The SMILES string of the molecule is C=C[C@H](NC(=O)OCc1ccccc1)[C@H]1CCN(C(=O)O)C1. The van der Waals surface area contributed by atoms with Crippen LogP contribution >= 0.6 is 0 Å². The van der Waals surface area contributed by atoms with Gasteiger partial charge in [-0.3, -0.25) is 0 Å². The number of alkyl carbamates (subject to hydrolysis) is 1. The summed E-state index contributed by atoms with van der Waals surface area (Å²) in [7, 11) is 0. The van der Waals surface area contributed by atoms with Gasteiger partial charge in [0.25, 0.3) is 0 Å². The summed E-state index contributed by atoms with van der Waals surface area (Å²) in [5.41, 5.74) is 0.908. The van der Waals surface area contributed by atoms with E-state index >= 15 is 0 Å². The fraction of sp³-hybridized carbons (Fsp3) is 0.375. The topological polar surface area (TPSA) is 78.9 Å². The van der Waals surface area contributed by atoms with E-state index in [0.29, 0.717) is 19.5 Å². The van der Waals surface area contributed by atoms with Crippen LogP contribution in [0.5, 0.6) is 0 Å². The monoisotopic (exact) mass is 304 g/mol. The lowest BCUT2D eigenvalue weighted by atomic mass is 9.99. The second-order valence-corrected chi connectivity index (χ2v) is 5.24. The van der Waals surface area contributed by atoms with Crippen LogP contribution in [0.25, 0.3) is 0 Å². The molecule has 2 N–H and O–H groups in total. The molecule has 1 fully saturated rings. The number of benzene rings is 1. The highest BCUT2D eigenvalue weighted by Crippen LogP contribution is 2.20. The zero-order valence-electron chi connectivity index (χ0n) is 12.3. The van der Waals surface area contributed by atoms with Gasteiger partial charge in [-0.2, -0.15) is 0 Å². The van der Waals surface area contributed by atoms with Crippen LogP contribution in [-0.4, -0.2) is 41.3 Å². The number of hydrogen-bond donors (Lipinski definition) is 2. The lowest BCUT2D eigenvalue weighted by Crippen LogP contribution is -2.40. The van der Waals surface area contributed by atoms with Crippen molar-refractivity contribution in [1.82, 2.24) is 10.2 Å². The maximum atomic E-state index is 11.8. The molecule has 22 heavy (non-hydrogen) atoms. The molecule has 0 aromatic heterocycles. The Kier molecular flexibility index (Phi) is 5.41. The summed E-state index contributed by atoms with van der Waals surface area (Å²) < 4.78 is 5.17. The van der Waals surface area contributed by atoms with E-state index in [1.807, 2.05) is 30.3 Å². The van der Waals surface area contributed by atoms with Crippen LogP contribution in [0.2, 0.25) is 0 Å². The second-order valence-electron chi connectivity index (χ2n) is 5.24. The molecule has 6 nitrogen and oxygen atoms in total. The van der Waals surface area contributed by atoms with E-state index in [0.717, 1.165) is 5.56 Å². The van der Waals surface area contributed by atoms with Crippen LogP contribution in [0.4, 0.5) is 9.59 Å². The minimum Gasteiger partial charge on any atom is -0.465 e. The van der Waals surface area contributed by atoms with E-state index in [2.05, 4.69) is 11.9 Å². The molecular weight excluding hydrogens is 284 g/mol. The van der Waals surface area contributed by atoms with Crippen LogP contribution < -0.4 is 5.32 Å². The van der Waals surface area contributed by atoms with Crippen molar-refractivity contribution >= 4 is 12.2 Å². The van der Waals surface area contributed by atoms with Gasteiger partial charge in [0.2, 0.25) is 0 Å². The Balaban J connectivity index is 1.81. The third kappa shape index (κ3) is 4.25. The summed E-state index contributed by atoms with van der Waals surface area (Å²) in [5.74, 6) is 0.0258. The molecular formula is C16H20N2O4. The van der Waals surface area contributed by atoms with Crippen molar-refractivity contribution in [3.8, 4) is 0 Å². The van der Waals surface area contributed by atoms with Gasteiger partial charge >= 0.3 is 12.2 Å². The van der Waals surface area contributed by atoms with Gasteiger partial charge in [-0.25, -0.2) is 9.59 Å². The number of carboxylic acid groups (broad SMARTS) is 1. The molecule has 1 aliphatic heterocycles. The molecule has 2 rings (SSSR count). The number of nitrogens with zero attached hydrogens (tertiary/aromatic N) is 1. The first-order valence-electron chi connectivity index (χ1n) is 7.18. The number of carbonyl (C=O) groups is 2. The zero-order chi connectivity index (χ0) is 15.9. The minimum atomic E-state index is -0.933. The molecule has 0 spiro atoms. The smallest absolute Gasteiger partial charge is 0.407 e. The quantitative estimate of drug-likeness (QED) is 0.819. The van der Waals surface area contributed by atoms with Gasteiger partial charge in [0, 0.05) is 19.0 Å². The van der Waals surface area contributed by atoms with Gasteiger partial charge in [0.1, 0.15) is 6.61 Å². The molecule has 0 radical (unpaired) electrons. The average molecular weight is 304 g/mol. The van der Waals surface area contributed by atoms with Crippen LogP contribution in [0.15, 0.2) is 43.0 Å². The molecule has 1 saturated heterocycles. The van der Waals surface area contributed by atoms with E-state index in [-0.39, 0.29) is 18.6 Å². The standard InChI is InChI=1S/C16H20N2O4/c1-2-14(13-8-9-18(10-13)16(20)21)17-15(19)22-11-12-6-4-3-5-7-12/h2-7,13-14H,1,8-11H2,(H,17,19)(H,20,21)/t13-,14-/m0/s1. The first kappa shape index (κ1) is 15.9. The average Bonchev–Trinajstić information content (AvgIpc) is 3.01. The first-order valence-corrected chi connectivity index (χ1v) is 7.18. The van der Waals surface area contributed by atoms with Crippen molar-refractivity contribution < 1.29 is 19.4 Å². The maximum absolute atomic E-state index is 11.8. The molecule has 0 bridgehead atoms. The first-order chi connectivity index (χ1) is 10.6. The van der Waals surface area contributed by atoms with Crippen LogP contribution in [0.1, 0.15) is 12.0 Å². The van der Waals surface area contributed by atoms with Gasteiger partial charge in [0.15, 0.2) is 0 Å². The predicted octanol–water partition coefficient (Wildman–Crippen LogP) is 2.47. The number of carbonyl (C=O) groups excluding carboxylic acids is 1. The number of nitrogens with one attached hydrogen (secondary N) is 1. The summed E-state index contributed by atoms with van der Waals surface area (Å²) in [6.07, 6.45) is 0.862. The Bertz CT molecular complexity index is 532. The summed E-state index contributed by atoms with van der Waals surface area (Å²) in [6, 6.07) is 9.10. The van der Waals surface area contributed by atoms with Gasteiger partial charge in [-0.05, 0) is 12.0 Å². The molecule has 2 atom stereocenters. The molecule has 1 aromatic carbocycles. The molecule has 1 aromatic rings. The summed E-state index contributed by atoms with van der Waals surface area (Å²) in [6.45, 7) is 4.78. The van der Waals surface area contributed by atoms with Crippen molar-refractivity contribution in [2.24, 2.45) is 5.92 Å². The summed E-state index contributed by atoms with van der Waals surface area (Å²) >= 11 is 0. The van der Waals surface area contributed by atoms with E-state index in [1.165, 1.54) is 4.90 Å². The maximum Gasteiger partial charge on any atom is 0.407 e. The Labute approximate surface area is 129 Å². The molecule has 2 amide bonds. The highest BCUT2D eigenvalue weighted by atomic mass is 16.5. The molecule has 1 heterocycles. The van der Waals surface area contributed by atoms with Crippen LogP contribution in [-0.2, 0) is 11.3 Å². The van der Waals surface area contributed by atoms with Crippen molar-refractivity contribution in [1.29, 1.82) is 0 Å². The van der Waals surface area contributed by atoms with E-state index in [4.69, 9.17) is 9.84 Å². The fourth-order valence-electron chi connectivity index (χ4n) is 2.52. The fourth-order valence-corrected chi connectivity index (χ4v) is 2.52. The number of likely N-dealkylation sites (tertiary alicyclic amines) is 1. The highest BCUT2D eigenvalue weighted by Gasteiger charge is 2.31. The molecule has 0 saturated carbocycles. The third-order valence-corrected chi connectivity index (χ3v) is 3.75. The Morgan fingerprint density at radius 2 is 2.18 bits per heavy atom. The Morgan fingerprint density at radius 1 is 1.45 bits per heavy atom. The number of hydrogen-bond acceptors (Lipinski definition) is 3. The van der Waals surface area contributed by atoms with E-state index in [1.54, 1.807) is 6.08 Å². The molecule has 0 unspecified atom stereocenters. The van der Waals surface area contributed by atoms with Crippen molar-refractivity contribution in [2.75, 3.05) is 13.1 Å². The van der Waals surface area contributed by atoms with Gasteiger partial charge in [-0.15, -0.1) is 6.58 Å². The van der Waals surface area contributed by atoms with Crippen molar-refractivity contribution in [3.05, 3.63) is 48.6 Å². The number of ether oxygens (including phenoxy) is 1. The largest absolute Gasteiger partial charge is 0.465 e. The predicted molar refractivity (Wildman–Crippen MR) is 81.5 cm³/mol. The molecule has 6 heteroatoms. The molecule has 1 aliphatic rings. The minimum absolute atomic E-state index is 0.0258. The normalized spacial score (nSPS) is 18.5. The lowest BCUT2D eigenvalue weighted by molar-refractivity contribution is 0.134. The second kappa shape index (κ2) is 7.49. The molecule has 0 aliphatic carbocycles. The van der Waals surface area contributed by atoms with E-state index in [9.17, 15) is 9.59 Å². The van der Waals surface area contributed by atoms with Gasteiger partial charge in [-0.1, -0.05) is 36.4 Å². The van der Waals surface area contributed by atoms with Crippen molar-refractivity contribution in [2.45, 2.75) is 19.1 Å². The number of rotatable bonds is 5. The van der Waals surface area contributed by atoms with Gasteiger partial charge in [0.05, 0.1) is 6.04 Å². The summed E-state index contributed by atoms with van der Waals surface area (Å²) in [5, 5.41) is 11.7. The summed E-state index contributed by atoms with van der Waals surface area (Å²) in [4.78, 5) is 24.1. The molecule has 118 valence electrons. The number of amides is 2. The Morgan fingerprint density at radius 3 is 2.77 bits per heavy atom. The Hall–Kier alpha value is -2.50. The van der Waals surface area contributed by atoms with Crippen molar-refractivity contribution in [3.63, 3.8) is 0 Å². The van der Waals surface area contributed by atoms with Crippen LogP contribution in [0, 0.1) is 5.92 Å².